The molecule has 8 aromatic rings. The van der Waals surface area contributed by atoms with Crippen molar-refractivity contribution in [1.82, 2.24) is 15.0 Å². The smallest absolute Gasteiger partial charge is 0.164 e. The molecule has 0 saturated heterocycles. The largest absolute Gasteiger partial charge is 0.208 e. The molecule has 0 spiro atoms. The van der Waals surface area contributed by atoms with Gasteiger partial charge in [-0.3, -0.25) is 0 Å². The molecule has 43 heavy (non-hydrogen) atoms. The van der Waals surface area contributed by atoms with Crippen LogP contribution in [-0.4, -0.2) is 15.0 Å². The molecule has 0 aliphatic carbocycles. The van der Waals surface area contributed by atoms with Crippen molar-refractivity contribution < 1.29 is 15.1 Å². The van der Waals surface area contributed by atoms with Crippen LogP contribution in [0.4, 0.5) is 0 Å². The van der Waals surface area contributed by atoms with Crippen molar-refractivity contribution in [1.29, 1.82) is 0 Å². The Morgan fingerprint density at radius 2 is 1.12 bits per heavy atom. The Bertz CT molecular complexity index is 2820. The molecule has 2 heterocycles. The highest BCUT2D eigenvalue weighted by Crippen LogP contribution is 2.41. The van der Waals surface area contributed by atoms with Gasteiger partial charge in [-0.05, 0) is 40.4 Å². The molecule has 4 heteroatoms. The molecule has 3 nitrogen and oxygen atoms in total. The lowest BCUT2D eigenvalue weighted by molar-refractivity contribution is 1.07. The van der Waals surface area contributed by atoms with Gasteiger partial charge in [0.1, 0.15) is 0 Å². The minimum absolute atomic E-state index is 0.00267. The lowest BCUT2D eigenvalue weighted by Crippen LogP contribution is -2.00. The Morgan fingerprint density at radius 3 is 1.88 bits per heavy atom. The molecule has 0 unspecified atom stereocenters. The maximum atomic E-state index is 9.47. The van der Waals surface area contributed by atoms with Gasteiger partial charge in [0.05, 0.1) is 15.1 Å². The summed E-state index contributed by atoms with van der Waals surface area (Å²) in [5.74, 6) is 0.510. The summed E-state index contributed by atoms with van der Waals surface area (Å²) in [6, 6.07) is 20.8. The van der Waals surface area contributed by atoms with E-state index in [1.165, 1.54) is 0 Å². The standard InChI is InChI=1S/C39H25N3S/c1-4-12-26(13-5-1)29-18-10-19-30(24-29)38-40-37(28-16-8-3-9-17-28)41-39(42-38)31-22-23-33-35(25-31)43-34-21-11-20-32(36(33)34)27-14-6-2-7-15-27/h1-25H/i2D,6D,7D,11D,14D,15D,20D,21D,22D,23D,25D. The SMILES string of the molecule is [2H]c1c([2H])c([2H])c(-c2c([2H])c([2H])c([2H])c3sc4c([2H])c(-c5nc(-c6ccccc6)nc(-c6cccc(-c7ccccc7)c6)n5)c([2H])c([2H])c4c23)c([2H])c1[2H]. The second-order valence-corrected chi connectivity index (χ2v) is 10.7. The van der Waals surface area contributed by atoms with E-state index in [0.717, 1.165) is 22.5 Å². The molecule has 2 aromatic heterocycles. The molecule has 0 bridgehead atoms. The second kappa shape index (κ2) is 10.8. The quantitative estimate of drug-likeness (QED) is 0.204. The molecule has 0 aliphatic rings. The molecule has 6 aromatic carbocycles. The average molecular weight is 579 g/mol. The number of hydrogen-bond acceptors (Lipinski definition) is 4. The Labute approximate surface area is 269 Å². The molecule has 0 fully saturated rings. The first-order valence-electron chi connectivity index (χ1n) is 18.9. The van der Waals surface area contributed by atoms with E-state index in [1.807, 2.05) is 84.9 Å². The van der Waals surface area contributed by atoms with Gasteiger partial charge in [-0.2, -0.15) is 0 Å². The zero-order valence-electron chi connectivity index (χ0n) is 33.3. The van der Waals surface area contributed by atoms with Gasteiger partial charge in [0.15, 0.2) is 17.5 Å². The topological polar surface area (TPSA) is 38.7 Å². The summed E-state index contributed by atoms with van der Waals surface area (Å²) >= 11 is 0.896. The fourth-order valence-corrected chi connectivity index (χ4v) is 5.94. The number of aromatic nitrogens is 3. The van der Waals surface area contributed by atoms with E-state index in [9.17, 15) is 4.11 Å². The van der Waals surface area contributed by atoms with Gasteiger partial charge < -0.3 is 0 Å². The molecular weight excluding hydrogens is 543 g/mol. The number of hydrogen-bond donors (Lipinski definition) is 0. The van der Waals surface area contributed by atoms with E-state index in [2.05, 4.69) is 0 Å². The predicted octanol–water partition coefficient (Wildman–Crippen LogP) is 10.6. The summed E-state index contributed by atoms with van der Waals surface area (Å²) in [6.45, 7) is 0. The Kier molecular flexibility index (Phi) is 4.06. The molecule has 0 atom stereocenters. The van der Waals surface area contributed by atoms with E-state index in [4.69, 9.17) is 25.9 Å². The first kappa shape index (κ1) is 16.3. The lowest BCUT2D eigenvalue weighted by Gasteiger charge is -2.10. The van der Waals surface area contributed by atoms with Crippen LogP contribution < -0.4 is 0 Å². The fraction of sp³-hybridized carbons (Fsp3) is 0. The van der Waals surface area contributed by atoms with Gasteiger partial charge in [0.25, 0.3) is 0 Å². The van der Waals surface area contributed by atoms with Gasteiger partial charge in [0, 0.05) is 36.9 Å². The zero-order chi connectivity index (χ0) is 38.2. The molecule has 8 rings (SSSR count). The van der Waals surface area contributed by atoms with Crippen LogP contribution in [0.15, 0.2) is 151 Å². The Morgan fingerprint density at radius 1 is 0.465 bits per heavy atom. The molecule has 0 radical (unpaired) electrons. The summed E-state index contributed by atoms with van der Waals surface area (Å²) in [5.41, 5.74) is 2.53. The van der Waals surface area contributed by atoms with Crippen molar-refractivity contribution in [3.8, 4) is 56.4 Å². The van der Waals surface area contributed by atoms with Crippen molar-refractivity contribution in [3.63, 3.8) is 0 Å². The van der Waals surface area contributed by atoms with Gasteiger partial charge in [-0.1, -0.05) is 133 Å². The van der Waals surface area contributed by atoms with Crippen LogP contribution in [0.5, 0.6) is 0 Å². The summed E-state index contributed by atoms with van der Waals surface area (Å²) in [4.78, 5) is 14.3. The molecule has 202 valence electrons. The zero-order valence-corrected chi connectivity index (χ0v) is 23.1. The third kappa shape index (κ3) is 4.78. The third-order valence-electron chi connectivity index (χ3n) is 6.94. The van der Waals surface area contributed by atoms with Crippen LogP contribution in [0.25, 0.3) is 76.6 Å². The molecular formula is C39H25N3S. The molecule has 0 aliphatic heterocycles. The van der Waals surface area contributed by atoms with Crippen molar-refractivity contribution >= 4 is 31.5 Å². The van der Waals surface area contributed by atoms with Crippen molar-refractivity contribution in [2.45, 2.75) is 0 Å². The maximum Gasteiger partial charge on any atom is 0.164 e. The van der Waals surface area contributed by atoms with Gasteiger partial charge in [-0.25, -0.2) is 15.0 Å². The molecule has 0 saturated carbocycles. The van der Waals surface area contributed by atoms with Gasteiger partial charge >= 0.3 is 0 Å². The van der Waals surface area contributed by atoms with Gasteiger partial charge in [-0.15, -0.1) is 11.3 Å². The van der Waals surface area contributed by atoms with Crippen molar-refractivity contribution in [2.24, 2.45) is 0 Å². The molecule has 0 N–H and O–H groups in total. The first-order chi connectivity index (χ1) is 25.9. The highest BCUT2D eigenvalue weighted by molar-refractivity contribution is 7.26. The highest BCUT2D eigenvalue weighted by Gasteiger charge is 2.16. The average Bonchev–Trinajstić information content (AvgIpc) is 3.60. The van der Waals surface area contributed by atoms with Crippen molar-refractivity contribution in [3.05, 3.63) is 151 Å². The van der Waals surface area contributed by atoms with E-state index in [1.54, 1.807) is 0 Å². The Hall–Kier alpha value is -5.45. The number of nitrogens with zero attached hydrogens (tertiary/aromatic N) is 3. The van der Waals surface area contributed by atoms with Crippen LogP contribution in [0, 0.1) is 0 Å². The highest BCUT2D eigenvalue weighted by atomic mass is 32.1. The normalized spacial score (nSPS) is 14.8. The van der Waals surface area contributed by atoms with E-state index in [-0.39, 0.29) is 66.4 Å². The number of rotatable bonds is 5. The third-order valence-corrected chi connectivity index (χ3v) is 7.96. The second-order valence-electron chi connectivity index (χ2n) is 9.63. The van der Waals surface area contributed by atoms with Crippen LogP contribution in [-0.2, 0) is 0 Å². The van der Waals surface area contributed by atoms with Gasteiger partial charge in [0.2, 0.25) is 0 Å². The van der Waals surface area contributed by atoms with Crippen LogP contribution in [0.1, 0.15) is 15.1 Å². The van der Waals surface area contributed by atoms with Crippen LogP contribution >= 0.6 is 11.3 Å². The predicted molar refractivity (Wildman–Crippen MR) is 180 cm³/mol. The van der Waals surface area contributed by atoms with E-state index in [0.29, 0.717) is 11.1 Å². The first-order valence-corrected chi connectivity index (χ1v) is 14.2. The number of thiophene rings is 1. The Balaban J connectivity index is 1.43. The summed E-state index contributed by atoms with van der Waals surface area (Å²) < 4.78 is 96.4. The van der Waals surface area contributed by atoms with E-state index < -0.39 is 54.4 Å². The minimum atomic E-state index is -0.649. The maximum absolute atomic E-state index is 9.47. The monoisotopic (exact) mass is 578 g/mol. The minimum Gasteiger partial charge on any atom is -0.208 e. The van der Waals surface area contributed by atoms with Crippen LogP contribution in [0.3, 0.4) is 0 Å². The molecule has 0 amide bonds. The lowest BCUT2D eigenvalue weighted by atomic mass is 9.99. The number of benzene rings is 6. The number of fused-ring (bicyclic) bond motifs is 3. The summed E-state index contributed by atoms with van der Waals surface area (Å²) in [5, 5.41) is -0.0113. The van der Waals surface area contributed by atoms with Crippen LogP contribution in [0.2, 0.25) is 0 Å². The van der Waals surface area contributed by atoms with E-state index >= 15 is 0 Å². The summed E-state index contributed by atoms with van der Waals surface area (Å²) in [6.07, 6.45) is 0. The summed E-state index contributed by atoms with van der Waals surface area (Å²) in [7, 11) is 0. The fourth-order valence-electron chi connectivity index (χ4n) is 4.92. The van der Waals surface area contributed by atoms with Crippen molar-refractivity contribution in [2.75, 3.05) is 0 Å².